The number of carbonyl (C=O) groups is 1. The van der Waals surface area contributed by atoms with E-state index in [1.807, 2.05) is 31.1 Å². The van der Waals surface area contributed by atoms with Crippen LogP contribution in [0.25, 0.3) is 11.0 Å². The average Bonchev–Trinajstić information content (AvgIpc) is 3.26. The number of hydrogen-bond acceptors (Lipinski definition) is 6. The second-order valence-electron chi connectivity index (χ2n) is 8.44. The van der Waals surface area contributed by atoms with E-state index in [1.165, 1.54) is 5.69 Å². The van der Waals surface area contributed by atoms with Crippen molar-refractivity contribution in [3.05, 3.63) is 59.9 Å². The lowest BCUT2D eigenvalue weighted by atomic mass is 10.1. The van der Waals surface area contributed by atoms with Crippen molar-refractivity contribution in [2.45, 2.75) is 6.54 Å². The van der Waals surface area contributed by atoms with Crippen LogP contribution in [0.5, 0.6) is 5.75 Å². The summed E-state index contributed by atoms with van der Waals surface area (Å²) < 4.78 is 11.4. The maximum atomic E-state index is 12.6. The molecule has 0 saturated carbocycles. The zero-order chi connectivity index (χ0) is 22.5. The molecule has 170 valence electrons. The molecule has 2 aromatic carbocycles. The van der Waals surface area contributed by atoms with Crippen molar-refractivity contribution in [3.63, 3.8) is 0 Å². The van der Waals surface area contributed by atoms with Crippen molar-refractivity contribution in [2.75, 3.05) is 65.4 Å². The van der Waals surface area contributed by atoms with E-state index < -0.39 is 0 Å². The Labute approximate surface area is 189 Å². The van der Waals surface area contributed by atoms with Crippen molar-refractivity contribution in [3.8, 4) is 5.75 Å². The molecule has 7 nitrogen and oxygen atoms in total. The SMILES string of the molecule is COc1ccc(CN2CCN(c3ccccc3)CC2)c2cc(C(=O)NCCN(C)C)oc12. The van der Waals surface area contributed by atoms with E-state index in [9.17, 15) is 4.79 Å². The first-order valence-electron chi connectivity index (χ1n) is 11.1. The van der Waals surface area contributed by atoms with E-state index in [2.05, 4.69) is 51.5 Å². The van der Waals surface area contributed by atoms with Gasteiger partial charge in [0.25, 0.3) is 5.91 Å². The molecule has 7 heteroatoms. The van der Waals surface area contributed by atoms with Gasteiger partial charge in [-0.2, -0.15) is 0 Å². The van der Waals surface area contributed by atoms with Gasteiger partial charge in [-0.05, 0) is 43.9 Å². The molecule has 0 unspecified atom stereocenters. The Bertz CT molecular complexity index is 1040. The highest BCUT2D eigenvalue weighted by Gasteiger charge is 2.21. The van der Waals surface area contributed by atoms with Crippen LogP contribution in [0, 0.1) is 0 Å². The smallest absolute Gasteiger partial charge is 0.287 e. The molecule has 1 fully saturated rings. The predicted molar refractivity (Wildman–Crippen MR) is 128 cm³/mol. The second kappa shape index (κ2) is 10.1. The molecule has 3 aromatic rings. The number of amides is 1. The number of furan rings is 1. The van der Waals surface area contributed by atoms with Gasteiger partial charge in [-0.3, -0.25) is 9.69 Å². The summed E-state index contributed by atoms with van der Waals surface area (Å²) in [5.41, 5.74) is 3.05. The number of ether oxygens (including phenoxy) is 1. The zero-order valence-corrected chi connectivity index (χ0v) is 19.1. The van der Waals surface area contributed by atoms with Crippen LogP contribution in [-0.2, 0) is 6.54 Å². The van der Waals surface area contributed by atoms with Crippen LogP contribution < -0.4 is 15.0 Å². The number of fused-ring (bicyclic) bond motifs is 1. The number of likely N-dealkylation sites (N-methyl/N-ethyl adjacent to an activating group) is 1. The van der Waals surface area contributed by atoms with Gasteiger partial charge in [0.2, 0.25) is 0 Å². The third kappa shape index (κ3) is 5.06. The van der Waals surface area contributed by atoms with Gasteiger partial charge in [-0.1, -0.05) is 24.3 Å². The number of nitrogens with one attached hydrogen (secondary N) is 1. The molecule has 1 aliphatic heterocycles. The van der Waals surface area contributed by atoms with Crippen LogP contribution in [0.2, 0.25) is 0 Å². The number of benzene rings is 2. The highest BCUT2D eigenvalue weighted by Crippen LogP contribution is 2.32. The third-order valence-electron chi connectivity index (χ3n) is 5.91. The van der Waals surface area contributed by atoms with Crippen molar-refractivity contribution in [1.82, 2.24) is 15.1 Å². The minimum Gasteiger partial charge on any atom is -0.493 e. The third-order valence-corrected chi connectivity index (χ3v) is 5.91. The number of nitrogens with zero attached hydrogens (tertiary/aromatic N) is 3. The maximum absolute atomic E-state index is 12.6. The molecule has 32 heavy (non-hydrogen) atoms. The number of rotatable bonds is 8. The lowest BCUT2D eigenvalue weighted by Crippen LogP contribution is -2.45. The minimum atomic E-state index is -0.201. The quantitative estimate of drug-likeness (QED) is 0.586. The maximum Gasteiger partial charge on any atom is 0.287 e. The Morgan fingerprint density at radius 2 is 1.84 bits per heavy atom. The number of carbonyl (C=O) groups excluding carboxylic acids is 1. The van der Waals surface area contributed by atoms with Crippen LogP contribution in [0.1, 0.15) is 16.1 Å². The Balaban J connectivity index is 1.47. The van der Waals surface area contributed by atoms with Crippen molar-refractivity contribution in [1.29, 1.82) is 0 Å². The molecule has 1 aromatic heterocycles. The summed E-state index contributed by atoms with van der Waals surface area (Å²) in [6, 6.07) is 16.4. The van der Waals surface area contributed by atoms with Crippen LogP contribution in [0.15, 0.2) is 52.9 Å². The van der Waals surface area contributed by atoms with Crippen molar-refractivity contribution >= 4 is 22.6 Å². The van der Waals surface area contributed by atoms with Gasteiger partial charge in [-0.15, -0.1) is 0 Å². The lowest BCUT2D eigenvalue weighted by molar-refractivity contribution is 0.0925. The molecule has 4 rings (SSSR count). The summed E-state index contributed by atoms with van der Waals surface area (Å²) in [5.74, 6) is 0.760. The summed E-state index contributed by atoms with van der Waals surface area (Å²) in [7, 11) is 5.57. The number of anilines is 1. The van der Waals surface area contributed by atoms with Crippen LogP contribution in [0.3, 0.4) is 0 Å². The van der Waals surface area contributed by atoms with E-state index in [0.29, 0.717) is 23.6 Å². The number of para-hydroxylation sites is 1. The fourth-order valence-electron chi connectivity index (χ4n) is 4.09. The summed E-state index contributed by atoms with van der Waals surface area (Å²) in [6.07, 6.45) is 0. The first-order valence-corrected chi connectivity index (χ1v) is 11.1. The Morgan fingerprint density at radius 3 is 2.53 bits per heavy atom. The Kier molecular flexibility index (Phi) is 6.97. The zero-order valence-electron chi connectivity index (χ0n) is 19.1. The average molecular weight is 437 g/mol. The van der Waals surface area contributed by atoms with Crippen LogP contribution in [0.4, 0.5) is 5.69 Å². The van der Waals surface area contributed by atoms with Crippen molar-refractivity contribution < 1.29 is 13.9 Å². The van der Waals surface area contributed by atoms with Crippen LogP contribution in [-0.4, -0.2) is 76.2 Å². The number of hydrogen-bond donors (Lipinski definition) is 1. The standard InChI is InChI=1S/C25H32N4O3/c1-27(2)12-11-26-25(30)23-17-21-19(9-10-22(31-3)24(21)32-23)18-28-13-15-29(16-14-28)20-7-5-4-6-8-20/h4-10,17H,11-16,18H2,1-3H3,(H,26,30). The summed E-state index contributed by atoms with van der Waals surface area (Å²) in [6.45, 7) is 6.11. The van der Waals surface area contributed by atoms with Gasteiger partial charge in [-0.25, -0.2) is 0 Å². The lowest BCUT2D eigenvalue weighted by Gasteiger charge is -2.36. The van der Waals surface area contributed by atoms with E-state index in [-0.39, 0.29) is 5.91 Å². The largest absolute Gasteiger partial charge is 0.493 e. The highest BCUT2D eigenvalue weighted by atomic mass is 16.5. The van der Waals surface area contributed by atoms with E-state index in [1.54, 1.807) is 7.11 Å². The summed E-state index contributed by atoms with van der Waals surface area (Å²) in [4.78, 5) is 19.5. The van der Waals surface area contributed by atoms with Gasteiger partial charge in [0.15, 0.2) is 17.1 Å². The number of methoxy groups -OCH3 is 1. The van der Waals surface area contributed by atoms with Gasteiger partial charge >= 0.3 is 0 Å². The minimum absolute atomic E-state index is 0.201. The molecule has 1 saturated heterocycles. The Morgan fingerprint density at radius 1 is 1.09 bits per heavy atom. The first kappa shape index (κ1) is 22.2. The molecule has 1 N–H and O–H groups in total. The first-order chi connectivity index (χ1) is 15.5. The van der Waals surface area contributed by atoms with Gasteiger partial charge in [0, 0.05) is 56.9 Å². The van der Waals surface area contributed by atoms with Crippen molar-refractivity contribution in [2.24, 2.45) is 0 Å². The monoisotopic (exact) mass is 436 g/mol. The fourth-order valence-corrected chi connectivity index (χ4v) is 4.09. The van der Waals surface area contributed by atoms with E-state index in [0.717, 1.165) is 50.2 Å². The summed E-state index contributed by atoms with van der Waals surface area (Å²) in [5, 5.41) is 3.86. The normalized spacial score (nSPS) is 14.8. The van der Waals surface area contributed by atoms with Gasteiger partial charge < -0.3 is 24.3 Å². The second-order valence-corrected chi connectivity index (χ2v) is 8.44. The molecular formula is C25H32N4O3. The molecule has 0 spiro atoms. The fraction of sp³-hybridized carbons (Fsp3) is 0.400. The molecule has 0 aliphatic carbocycles. The summed E-state index contributed by atoms with van der Waals surface area (Å²) >= 11 is 0. The highest BCUT2D eigenvalue weighted by molar-refractivity contribution is 5.98. The van der Waals surface area contributed by atoms with E-state index in [4.69, 9.17) is 9.15 Å². The van der Waals surface area contributed by atoms with Gasteiger partial charge in [0.05, 0.1) is 7.11 Å². The number of piperazine rings is 1. The Hall–Kier alpha value is -3.03. The molecule has 0 radical (unpaired) electrons. The van der Waals surface area contributed by atoms with E-state index >= 15 is 0 Å². The molecule has 2 heterocycles. The molecule has 1 aliphatic rings. The van der Waals surface area contributed by atoms with Crippen LogP contribution >= 0.6 is 0 Å². The predicted octanol–water partition coefficient (Wildman–Crippen LogP) is 3.06. The molecule has 1 amide bonds. The molecule has 0 atom stereocenters. The topological polar surface area (TPSA) is 61.2 Å². The van der Waals surface area contributed by atoms with Gasteiger partial charge in [0.1, 0.15) is 0 Å². The molecular weight excluding hydrogens is 404 g/mol. The molecule has 0 bridgehead atoms.